The van der Waals surface area contributed by atoms with E-state index in [1.54, 1.807) is 0 Å². The molecule has 1 aliphatic rings. The van der Waals surface area contributed by atoms with Gasteiger partial charge in [0, 0.05) is 6.54 Å². The van der Waals surface area contributed by atoms with Crippen LogP contribution >= 0.6 is 0 Å². The van der Waals surface area contributed by atoms with E-state index in [9.17, 15) is 0 Å². The van der Waals surface area contributed by atoms with Crippen molar-refractivity contribution in [1.82, 2.24) is 4.90 Å². The van der Waals surface area contributed by atoms with Crippen LogP contribution in [0.2, 0.25) is 0 Å². The smallest absolute Gasteiger partial charge is 0.000926 e. The summed E-state index contributed by atoms with van der Waals surface area (Å²) in [7, 11) is 2.26. The Morgan fingerprint density at radius 2 is 2.21 bits per heavy atom. The summed E-state index contributed by atoms with van der Waals surface area (Å²) in [6.45, 7) is 5.75. The maximum Gasteiger partial charge on any atom is 0.000926 e. The molecule has 0 amide bonds. The number of rotatable bonds is 4. The van der Waals surface area contributed by atoms with E-state index in [1.807, 2.05) is 0 Å². The average molecular weight is 198 g/mol. The molecule has 1 rings (SSSR count). The molecular weight excluding hydrogens is 172 g/mol. The predicted octanol–water partition coefficient (Wildman–Crippen LogP) is 2.09. The van der Waals surface area contributed by atoms with Gasteiger partial charge in [-0.1, -0.05) is 19.8 Å². The number of nitrogens with zero attached hydrogens (tertiary/aromatic N) is 1. The van der Waals surface area contributed by atoms with Gasteiger partial charge in [-0.25, -0.2) is 0 Å². The van der Waals surface area contributed by atoms with E-state index in [1.165, 1.54) is 45.2 Å². The lowest BCUT2D eigenvalue weighted by molar-refractivity contribution is 0.222. The normalized spacial score (nSPS) is 27.2. The summed E-state index contributed by atoms with van der Waals surface area (Å²) in [4.78, 5) is 2.50. The van der Waals surface area contributed by atoms with Crippen LogP contribution in [-0.4, -0.2) is 31.6 Å². The van der Waals surface area contributed by atoms with Gasteiger partial charge in [0.2, 0.25) is 0 Å². The number of hydrogen-bond acceptors (Lipinski definition) is 2. The third-order valence-corrected chi connectivity index (χ3v) is 3.64. The molecule has 84 valence electrons. The Kier molecular flexibility index (Phi) is 5.49. The second-order valence-corrected chi connectivity index (χ2v) is 4.76. The lowest BCUT2D eigenvalue weighted by Gasteiger charge is -2.27. The molecule has 2 nitrogen and oxygen atoms in total. The molecule has 1 aliphatic heterocycles. The van der Waals surface area contributed by atoms with Gasteiger partial charge in [-0.2, -0.15) is 0 Å². The number of nitrogens with two attached hydrogens (primary N) is 1. The highest BCUT2D eigenvalue weighted by atomic mass is 15.1. The first-order chi connectivity index (χ1) is 6.77. The van der Waals surface area contributed by atoms with Gasteiger partial charge in [0.15, 0.2) is 0 Å². The highest BCUT2D eigenvalue weighted by molar-refractivity contribution is 4.75. The summed E-state index contributed by atoms with van der Waals surface area (Å²) in [5, 5.41) is 0. The molecular formula is C12H26N2. The molecule has 2 atom stereocenters. The molecule has 0 aromatic rings. The Bertz CT molecular complexity index is 147. The van der Waals surface area contributed by atoms with Crippen LogP contribution < -0.4 is 5.73 Å². The Hall–Kier alpha value is -0.0800. The summed E-state index contributed by atoms with van der Waals surface area (Å²) in [6.07, 6.45) is 6.73. The van der Waals surface area contributed by atoms with Crippen molar-refractivity contribution in [3.8, 4) is 0 Å². The van der Waals surface area contributed by atoms with Crippen molar-refractivity contribution in [1.29, 1.82) is 0 Å². The fourth-order valence-electron chi connectivity index (χ4n) is 2.74. The second kappa shape index (κ2) is 6.41. The fourth-order valence-corrected chi connectivity index (χ4v) is 2.74. The Morgan fingerprint density at radius 1 is 1.43 bits per heavy atom. The topological polar surface area (TPSA) is 29.3 Å². The van der Waals surface area contributed by atoms with Gasteiger partial charge >= 0.3 is 0 Å². The van der Waals surface area contributed by atoms with Crippen molar-refractivity contribution in [2.45, 2.75) is 39.0 Å². The molecule has 0 aromatic carbocycles. The molecule has 0 aromatic heterocycles. The minimum atomic E-state index is 0.860. The van der Waals surface area contributed by atoms with Crippen LogP contribution in [0.1, 0.15) is 39.0 Å². The van der Waals surface area contributed by atoms with Crippen molar-refractivity contribution in [3.05, 3.63) is 0 Å². The molecule has 0 aliphatic carbocycles. The SMILES string of the molecule is CCC(CCN)C1CCCCN(C)C1. The highest BCUT2D eigenvalue weighted by Gasteiger charge is 2.22. The molecule has 1 fully saturated rings. The zero-order chi connectivity index (χ0) is 10.4. The molecule has 2 heteroatoms. The molecule has 0 radical (unpaired) electrons. The largest absolute Gasteiger partial charge is 0.330 e. The zero-order valence-corrected chi connectivity index (χ0v) is 9.84. The van der Waals surface area contributed by atoms with Gasteiger partial charge in [-0.05, 0) is 51.2 Å². The third-order valence-electron chi connectivity index (χ3n) is 3.64. The maximum atomic E-state index is 5.67. The van der Waals surface area contributed by atoms with Crippen LogP contribution in [-0.2, 0) is 0 Å². The van der Waals surface area contributed by atoms with Crippen LogP contribution in [0, 0.1) is 11.8 Å². The van der Waals surface area contributed by atoms with Gasteiger partial charge in [0.05, 0.1) is 0 Å². The minimum absolute atomic E-state index is 0.860. The minimum Gasteiger partial charge on any atom is -0.330 e. The Balaban J connectivity index is 2.45. The summed E-state index contributed by atoms with van der Waals surface area (Å²) >= 11 is 0. The fraction of sp³-hybridized carbons (Fsp3) is 1.00. The lowest BCUT2D eigenvalue weighted by atomic mass is 9.84. The van der Waals surface area contributed by atoms with Crippen LogP contribution in [0.15, 0.2) is 0 Å². The van der Waals surface area contributed by atoms with E-state index in [0.717, 1.165) is 18.4 Å². The van der Waals surface area contributed by atoms with Crippen LogP contribution in [0.3, 0.4) is 0 Å². The first kappa shape index (κ1) is 12.0. The van der Waals surface area contributed by atoms with Gasteiger partial charge in [-0.3, -0.25) is 0 Å². The molecule has 14 heavy (non-hydrogen) atoms. The van der Waals surface area contributed by atoms with Crippen molar-refractivity contribution in [3.63, 3.8) is 0 Å². The van der Waals surface area contributed by atoms with E-state index in [-0.39, 0.29) is 0 Å². The zero-order valence-electron chi connectivity index (χ0n) is 9.84. The van der Waals surface area contributed by atoms with Crippen molar-refractivity contribution < 1.29 is 0 Å². The van der Waals surface area contributed by atoms with E-state index in [2.05, 4.69) is 18.9 Å². The second-order valence-electron chi connectivity index (χ2n) is 4.76. The molecule has 1 saturated heterocycles. The molecule has 2 unspecified atom stereocenters. The van der Waals surface area contributed by atoms with Gasteiger partial charge in [0.1, 0.15) is 0 Å². The van der Waals surface area contributed by atoms with Crippen LogP contribution in [0.5, 0.6) is 0 Å². The number of likely N-dealkylation sites (tertiary alicyclic amines) is 1. The van der Waals surface area contributed by atoms with E-state index >= 15 is 0 Å². The number of hydrogen-bond donors (Lipinski definition) is 1. The summed E-state index contributed by atoms with van der Waals surface area (Å²) < 4.78 is 0. The van der Waals surface area contributed by atoms with Crippen molar-refractivity contribution >= 4 is 0 Å². The molecule has 0 spiro atoms. The van der Waals surface area contributed by atoms with E-state index in [4.69, 9.17) is 5.73 Å². The van der Waals surface area contributed by atoms with Crippen LogP contribution in [0.25, 0.3) is 0 Å². The predicted molar refractivity (Wildman–Crippen MR) is 62.3 cm³/mol. The van der Waals surface area contributed by atoms with Crippen molar-refractivity contribution in [2.75, 3.05) is 26.7 Å². The van der Waals surface area contributed by atoms with Gasteiger partial charge in [0.25, 0.3) is 0 Å². The monoisotopic (exact) mass is 198 g/mol. The van der Waals surface area contributed by atoms with E-state index < -0.39 is 0 Å². The third kappa shape index (κ3) is 3.58. The summed E-state index contributed by atoms with van der Waals surface area (Å²) in [6, 6.07) is 0. The summed E-state index contributed by atoms with van der Waals surface area (Å²) in [5.41, 5.74) is 5.67. The van der Waals surface area contributed by atoms with Crippen molar-refractivity contribution in [2.24, 2.45) is 17.6 Å². The average Bonchev–Trinajstić information content (AvgIpc) is 2.39. The Morgan fingerprint density at radius 3 is 2.86 bits per heavy atom. The first-order valence-electron chi connectivity index (χ1n) is 6.16. The van der Waals surface area contributed by atoms with Gasteiger partial charge < -0.3 is 10.6 Å². The quantitative estimate of drug-likeness (QED) is 0.749. The summed E-state index contributed by atoms with van der Waals surface area (Å²) in [5.74, 6) is 1.76. The molecule has 0 saturated carbocycles. The van der Waals surface area contributed by atoms with E-state index in [0.29, 0.717) is 0 Å². The molecule has 1 heterocycles. The van der Waals surface area contributed by atoms with Gasteiger partial charge in [-0.15, -0.1) is 0 Å². The first-order valence-corrected chi connectivity index (χ1v) is 6.16. The Labute approximate surface area is 88.8 Å². The lowest BCUT2D eigenvalue weighted by Crippen LogP contribution is -2.29. The highest BCUT2D eigenvalue weighted by Crippen LogP contribution is 2.27. The molecule has 0 bridgehead atoms. The van der Waals surface area contributed by atoms with Crippen LogP contribution in [0.4, 0.5) is 0 Å². The standard InChI is InChI=1S/C12H26N2/c1-3-11(7-8-13)12-6-4-5-9-14(2)10-12/h11-12H,3-10,13H2,1-2H3. The maximum absolute atomic E-state index is 5.67. The molecule has 2 N–H and O–H groups in total.